The standard InChI is InChI=1S/C16H20ClN3O3/c17-14-10-12(15(21)19-4-1-5-19)2-3-13(14)11-18-6-8-20(9-7-18)16(22)23/h2-3,10H,1,4-9,11H2,(H,22,23). The minimum atomic E-state index is -0.864. The van der Waals surface area contributed by atoms with E-state index in [1.165, 1.54) is 4.90 Å². The van der Waals surface area contributed by atoms with E-state index >= 15 is 0 Å². The highest BCUT2D eigenvalue weighted by Gasteiger charge is 2.23. The van der Waals surface area contributed by atoms with Gasteiger partial charge >= 0.3 is 6.09 Å². The predicted molar refractivity (Wildman–Crippen MR) is 86.8 cm³/mol. The Bertz CT molecular complexity index is 611. The van der Waals surface area contributed by atoms with Crippen molar-refractivity contribution in [3.05, 3.63) is 34.3 Å². The quantitative estimate of drug-likeness (QED) is 0.916. The fourth-order valence-electron chi connectivity index (χ4n) is 2.85. The van der Waals surface area contributed by atoms with E-state index in [0.717, 1.165) is 25.1 Å². The molecule has 2 heterocycles. The number of carbonyl (C=O) groups is 2. The van der Waals surface area contributed by atoms with Crippen molar-refractivity contribution in [1.29, 1.82) is 0 Å². The Labute approximate surface area is 140 Å². The predicted octanol–water partition coefficient (Wildman–Crippen LogP) is 1.98. The lowest BCUT2D eigenvalue weighted by molar-refractivity contribution is 0.0652. The molecular formula is C16H20ClN3O3. The van der Waals surface area contributed by atoms with E-state index in [2.05, 4.69) is 4.90 Å². The normalized spacial score (nSPS) is 18.7. The first kappa shape index (κ1) is 16.1. The number of hydrogen-bond donors (Lipinski definition) is 1. The van der Waals surface area contributed by atoms with Crippen molar-refractivity contribution in [2.45, 2.75) is 13.0 Å². The number of carboxylic acid groups (broad SMARTS) is 1. The molecule has 2 fully saturated rings. The molecule has 2 aliphatic heterocycles. The topological polar surface area (TPSA) is 64.1 Å². The van der Waals surface area contributed by atoms with Crippen LogP contribution in [0.2, 0.25) is 5.02 Å². The molecule has 1 aromatic rings. The third kappa shape index (κ3) is 3.59. The molecule has 0 unspecified atom stereocenters. The molecule has 0 spiro atoms. The Morgan fingerprint density at radius 3 is 2.26 bits per heavy atom. The molecular weight excluding hydrogens is 318 g/mol. The summed E-state index contributed by atoms with van der Waals surface area (Å²) in [6.45, 7) is 4.73. The summed E-state index contributed by atoms with van der Waals surface area (Å²) in [6, 6.07) is 5.47. The van der Waals surface area contributed by atoms with E-state index in [4.69, 9.17) is 16.7 Å². The number of nitrogens with zero attached hydrogens (tertiary/aromatic N) is 3. The van der Waals surface area contributed by atoms with Crippen LogP contribution < -0.4 is 0 Å². The van der Waals surface area contributed by atoms with Gasteiger partial charge in [-0.15, -0.1) is 0 Å². The highest BCUT2D eigenvalue weighted by molar-refractivity contribution is 6.31. The van der Waals surface area contributed by atoms with E-state index in [0.29, 0.717) is 43.3 Å². The zero-order valence-electron chi connectivity index (χ0n) is 12.9. The van der Waals surface area contributed by atoms with Gasteiger partial charge in [0, 0.05) is 56.4 Å². The summed E-state index contributed by atoms with van der Waals surface area (Å²) < 4.78 is 0. The maximum atomic E-state index is 12.2. The first-order valence-corrected chi connectivity index (χ1v) is 8.20. The van der Waals surface area contributed by atoms with Crippen LogP contribution >= 0.6 is 11.6 Å². The minimum absolute atomic E-state index is 0.0415. The van der Waals surface area contributed by atoms with Crippen LogP contribution in [-0.2, 0) is 6.54 Å². The van der Waals surface area contributed by atoms with Gasteiger partial charge in [-0.05, 0) is 24.1 Å². The van der Waals surface area contributed by atoms with Crippen molar-refractivity contribution in [3.63, 3.8) is 0 Å². The van der Waals surface area contributed by atoms with E-state index in [1.807, 2.05) is 17.0 Å². The van der Waals surface area contributed by atoms with Crippen LogP contribution in [0.25, 0.3) is 0 Å². The van der Waals surface area contributed by atoms with Crippen LogP contribution in [0.3, 0.4) is 0 Å². The van der Waals surface area contributed by atoms with E-state index in [-0.39, 0.29) is 5.91 Å². The number of carbonyl (C=O) groups excluding carboxylic acids is 1. The van der Waals surface area contributed by atoms with Gasteiger partial charge in [0.05, 0.1) is 0 Å². The SMILES string of the molecule is O=C(O)N1CCN(Cc2ccc(C(=O)N3CCC3)cc2Cl)CC1. The van der Waals surface area contributed by atoms with Crippen LogP contribution in [-0.4, -0.2) is 71.1 Å². The monoisotopic (exact) mass is 337 g/mol. The number of benzene rings is 1. The molecule has 7 heteroatoms. The lowest BCUT2D eigenvalue weighted by Gasteiger charge is -2.33. The average Bonchev–Trinajstić information content (AvgIpc) is 2.48. The second-order valence-electron chi connectivity index (χ2n) is 6.00. The smallest absolute Gasteiger partial charge is 0.407 e. The Morgan fingerprint density at radius 1 is 1.04 bits per heavy atom. The third-order valence-electron chi connectivity index (χ3n) is 4.48. The summed E-state index contributed by atoms with van der Waals surface area (Å²) in [5, 5.41) is 9.56. The maximum Gasteiger partial charge on any atom is 0.407 e. The van der Waals surface area contributed by atoms with Crippen LogP contribution in [0.5, 0.6) is 0 Å². The molecule has 2 saturated heterocycles. The van der Waals surface area contributed by atoms with Gasteiger partial charge in [0.15, 0.2) is 0 Å². The molecule has 2 aliphatic rings. The molecule has 0 aromatic heterocycles. The number of halogens is 1. The number of amides is 2. The molecule has 6 nitrogen and oxygen atoms in total. The molecule has 1 aromatic carbocycles. The zero-order valence-corrected chi connectivity index (χ0v) is 13.6. The van der Waals surface area contributed by atoms with Gasteiger partial charge in [-0.1, -0.05) is 17.7 Å². The van der Waals surface area contributed by atoms with Gasteiger partial charge in [-0.3, -0.25) is 9.69 Å². The summed E-state index contributed by atoms with van der Waals surface area (Å²) in [5.74, 6) is 0.0415. The number of likely N-dealkylation sites (tertiary alicyclic amines) is 1. The largest absolute Gasteiger partial charge is 0.465 e. The van der Waals surface area contributed by atoms with Crippen LogP contribution in [0.4, 0.5) is 4.79 Å². The zero-order chi connectivity index (χ0) is 16.4. The second-order valence-corrected chi connectivity index (χ2v) is 6.40. The van der Waals surface area contributed by atoms with Crippen molar-refractivity contribution in [2.24, 2.45) is 0 Å². The minimum Gasteiger partial charge on any atom is -0.465 e. The number of piperazine rings is 1. The van der Waals surface area contributed by atoms with Crippen molar-refractivity contribution in [3.8, 4) is 0 Å². The van der Waals surface area contributed by atoms with E-state index in [9.17, 15) is 9.59 Å². The van der Waals surface area contributed by atoms with Crippen molar-refractivity contribution < 1.29 is 14.7 Å². The Balaban J connectivity index is 1.60. The lowest BCUT2D eigenvalue weighted by atomic mass is 10.1. The van der Waals surface area contributed by atoms with Gasteiger partial charge < -0.3 is 14.9 Å². The van der Waals surface area contributed by atoms with Gasteiger partial charge in [-0.2, -0.15) is 0 Å². The summed E-state index contributed by atoms with van der Waals surface area (Å²) in [5.41, 5.74) is 1.60. The molecule has 2 amide bonds. The fraction of sp³-hybridized carbons (Fsp3) is 0.500. The van der Waals surface area contributed by atoms with Gasteiger partial charge in [-0.25, -0.2) is 4.79 Å². The first-order chi connectivity index (χ1) is 11.0. The van der Waals surface area contributed by atoms with Gasteiger partial charge in [0.1, 0.15) is 0 Å². The van der Waals surface area contributed by atoms with Crippen LogP contribution in [0.1, 0.15) is 22.3 Å². The fourth-order valence-corrected chi connectivity index (χ4v) is 3.09. The summed E-state index contributed by atoms with van der Waals surface area (Å²) in [7, 11) is 0. The van der Waals surface area contributed by atoms with E-state index in [1.54, 1.807) is 6.07 Å². The molecule has 0 saturated carbocycles. The highest BCUT2D eigenvalue weighted by Crippen LogP contribution is 2.22. The number of rotatable bonds is 3. The summed E-state index contributed by atoms with van der Waals surface area (Å²) in [6.07, 6.45) is 0.205. The Kier molecular flexibility index (Phi) is 4.73. The van der Waals surface area contributed by atoms with Crippen LogP contribution in [0, 0.1) is 0 Å². The van der Waals surface area contributed by atoms with Crippen molar-refractivity contribution in [2.75, 3.05) is 39.3 Å². The summed E-state index contributed by atoms with van der Waals surface area (Å²) in [4.78, 5) is 28.5. The average molecular weight is 338 g/mol. The van der Waals surface area contributed by atoms with Crippen molar-refractivity contribution >= 4 is 23.6 Å². The summed E-state index contributed by atoms with van der Waals surface area (Å²) >= 11 is 6.34. The molecule has 23 heavy (non-hydrogen) atoms. The first-order valence-electron chi connectivity index (χ1n) is 7.82. The Hall–Kier alpha value is -1.79. The molecule has 3 rings (SSSR count). The van der Waals surface area contributed by atoms with Crippen LogP contribution in [0.15, 0.2) is 18.2 Å². The molecule has 0 radical (unpaired) electrons. The van der Waals surface area contributed by atoms with Crippen molar-refractivity contribution in [1.82, 2.24) is 14.7 Å². The lowest BCUT2D eigenvalue weighted by Crippen LogP contribution is -2.47. The number of hydrogen-bond acceptors (Lipinski definition) is 3. The van der Waals surface area contributed by atoms with Gasteiger partial charge in [0.25, 0.3) is 5.91 Å². The maximum absolute atomic E-state index is 12.2. The molecule has 0 aliphatic carbocycles. The second kappa shape index (κ2) is 6.76. The highest BCUT2D eigenvalue weighted by atomic mass is 35.5. The van der Waals surface area contributed by atoms with E-state index < -0.39 is 6.09 Å². The molecule has 124 valence electrons. The Morgan fingerprint density at radius 2 is 1.74 bits per heavy atom. The molecule has 0 atom stereocenters. The van der Waals surface area contributed by atoms with Gasteiger partial charge in [0.2, 0.25) is 0 Å². The molecule has 0 bridgehead atoms. The molecule has 1 N–H and O–H groups in total. The third-order valence-corrected chi connectivity index (χ3v) is 4.83.